The molecule has 132 valence electrons. The Bertz CT molecular complexity index is 939. The lowest BCUT2D eigenvalue weighted by Gasteiger charge is -2.16. The number of hydrogen-bond donors (Lipinski definition) is 1. The van der Waals surface area contributed by atoms with E-state index in [0.29, 0.717) is 22.4 Å². The SMILES string of the molecule is O=C(Nc1nnc(C2CC(=O)N(c3ccc(F)cc3)C2)s1)c1ccco1. The molecule has 4 rings (SSSR count). The number of halogens is 1. The fourth-order valence-electron chi connectivity index (χ4n) is 2.76. The summed E-state index contributed by atoms with van der Waals surface area (Å²) < 4.78 is 18.1. The predicted molar refractivity (Wildman–Crippen MR) is 92.7 cm³/mol. The zero-order valence-corrected chi connectivity index (χ0v) is 14.2. The minimum atomic E-state index is -0.409. The summed E-state index contributed by atoms with van der Waals surface area (Å²) in [4.78, 5) is 25.9. The van der Waals surface area contributed by atoms with Gasteiger partial charge in [0.05, 0.1) is 6.26 Å². The quantitative estimate of drug-likeness (QED) is 0.760. The Morgan fingerprint density at radius 3 is 2.81 bits per heavy atom. The number of hydrogen-bond acceptors (Lipinski definition) is 6. The molecular weight excluding hydrogens is 359 g/mol. The van der Waals surface area contributed by atoms with Crippen LogP contribution in [0.5, 0.6) is 0 Å². The molecule has 3 heterocycles. The van der Waals surface area contributed by atoms with Crippen LogP contribution in [0.15, 0.2) is 47.1 Å². The van der Waals surface area contributed by atoms with E-state index in [1.165, 1.54) is 29.7 Å². The largest absolute Gasteiger partial charge is 0.459 e. The first-order chi connectivity index (χ1) is 12.6. The van der Waals surface area contributed by atoms with Crippen molar-refractivity contribution >= 4 is 34.0 Å². The number of nitrogens with one attached hydrogen (secondary N) is 1. The van der Waals surface area contributed by atoms with Gasteiger partial charge in [0, 0.05) is 24.6 Å². The van der Waals surface area contributed by atoms with E-state index in [-0.39, 0.29) is 29.8 Å². The van der Waals surface area contributed by atoms with Gasteiger partial charge in [0.15, 0.2) is 5.76 Å². The van der Waals surface area contributed by atoms with Gasteiger partial charge in [0.1, 0.15) is 10.8 Å². The molecule has 0 spiro atoms. The number of carbonyl (C=O) groups is 2. The van der Waals surface area contributed by atoms with Crippen LogP contribution < -0.4 is 10.2 Å². The number of amides is 2. The molecule has 1 N–H and O–H groups in total. The molecule has 9 heteroatoms. The number of benzene rings is 1. The lowest BCUT2D eigenvalue weighted by molar-refractivity contribution is -0.117. The Kier molecular flexibility index (Phi) is 4.21. The molecule has 7 nitrogen and oxygen atoms in total. The zero-order chi connectivity index (χ0) is 18.1. The fourth-order valence-corrected chi connectivity index (χ4v) is 3.59. The van der Waals surface area contributed by atoms with Gasteiger partial charge in [-0.25, -0.2) is 4.39 Å². The van der Waals surface area contributed by atoms with Crippen molar-refractivity contribution in [2.45, 2.75) is 12.3 Å². The van der Waals surface area contributed by atoms with Gasteiger partial charge in [-0.05, 0) is 36.4 Å². The van der Waals surface area contributed by atoms with Gasteiger partial charge in [-0.3, -0.25) is 14.9 Å². The molecule has 0 aliphatic carbocycles. The average Bonchev–Trinajstić information content (AvgIpc) is 3.36. The number of carbonyl (C=O) groups excluding carboxylic acids is 2. The molecule has 0 bridgehead atoms. The molecule has 2 amide bonds. The van der Waals surface area contributed by atoms with Crippen molar-refractivity contribution in [3.63, 3.8) is 0 Å². The maximum Gasteiger partial charge on any atom is 0.293 e. The van der Waals surface area contributed by atoms with E-state index in [0.717, 1.165) is 0 Å². The molecule has 0 radical (unpaired) electrons. The number of aromatic nitrogens is 2. The summed E-state index contributed by atoms with van der Waals surface area (Å²) in [5, 5.41) is 11.7. The second-order valence-corrected chi connectivity index (χ2v) is 6.77. The third kappa shape index (κ3) is 3.21. The van der Waals surface area contributed by atoms with Crippen molar-refractivity contribution in [1.29, 1.82) is 0 Å². The standard InChI is InChI=1S/C17H13FN4O3S/c18-11-3-5-12(6-4-11)22-9-10(8-14(22)23)16-20-21-17(26-16)19-15(24)13-2-1-7-25-13/h1-7,10H,8-9H2,(H,19,21,24). The van der Waals surface area contributed by atoms with Crippen LogP contribution in [0.3, 0.4) is 0 Å². The highest BCUT2D eigenvalue weighted by Crippen LogP contribution is 2.34. The van der Waals surface area contributed by atoms with Gasteiger partial charge in [-0.15, -0.1) is 10.2 Å². The first-order valence-electron chi connectivity index (χ1n) is 7.84. The first kappa shape index (κ1) is 16.4. The fraction of sp³-hybridized carbons (Fsp3) is 0.176. The summed E-state index contributed by atoms with van der Waals surface area (Å²) >= 11 is 1.22. The second-order valence-electron chi connectivity index (χ2n) is 5.76. The molecule has 3 aromatic rings. The van der Waals surface area contributed by atoms with Crippen LogP contribution in [0, 0.1) is 5.82 Å². The molecule has 1 aromatic carbocycles. The third-order valence-corrected chi connectivity index (χ3v) is 5.02. The van der Waals surface area contributed by atoms with Gasteiger partial charge < -0.3 is 9.32 Å². The molecule has 1 unspecified atom stereocenters. The van der Waals surface area contributed by atoms with Crippen molar-refractivity contribution < 1.29 is 18.4 Å². The molecular formula is C17H13FN4O3S. The smallest absolute Gasteiger partial charge is 0.293 e. The molecule has 1 atom stereocenters. The second kappa shape index (κ2) is 6.68. The summed E-state index contributed by atoms with van der Waals surface area (Å²) in [5.41, 5.74) is 0.648. The monoisotopic (exact) mass is 372 g/mol. The van der Waals surface area contributed by atoms with Crippen molar-refractivity contribution in [1.82, 2.24) is 10.2 Å². The number of nitrogens with zero attached hydrogens (tertiary/aromatic N) is 3. The molecule has 2 aromatic heterocycles. The van der Waals surface area contributed by atoms with Crippen LogP contribution in [-0.2, 0) is 4.79 Å². The number of anilines is 2. The highest BCUT2D eigenvalue weighted by atomic mass is 32.1. The highest BCUT2D eigenvalue weighted by Gasteiger charge is 2.34. The van der Waals surface area contributed by atoms with Gasteiger partial charge in [-0.1, -0.05) is 11.3 Å². The van der Waals surface area contributed by atoms with E-state index in [1.807, 2.05) is 0 Å². The summed E-state index contributed by atoms with van der Waals surface area (Å²) in [6, 6.07) is 8.96. The predicted octanol–water partition coefficient (Wildman–Crippen LogP) is 3.04. The Morgan fingerprint density at radius 2 is 2.08 bits per heavy atom. The zero-order valence-electron chi connectivity index (χ0n) is 13.4. The van der Waals surface area contributed by atoms with Crippen molar-refractivity contribution in [3.05, 3.63) is 59.2 Å². The molecule has 1 saturated heterocycles. The maximum absolute atomic E-state index is 13.1. The van der Waals surface area contributed by atoms with Crippen LogP contribution in [0.25, 0.3) is 0 Å². The summed E-state index contributed by atoms with van der Waals surface area (Å²) in [6.07, 6.45) is 1.70. The van der Waals surface area contributed by atoms with Crippen LogP contribution in [0.1, 0.15) is 27.9 Å². The summed E-state index contributed by atoms with van der Waals surface area (Å²) in [5.74, 6) is -0.760. The van der Waals surface area contributed by atoms with Gasteiger partial charge in [0.2, 0.25) is 11.0 Å². The van der Waals surface area contributed by atoms with E-state index in [2.05, 4.69) is 15.5 Å². The van der Waals surface area contributed by atoms with Crippen LogP contribution in [-0.4, -0.2) is 28.6 Å². The van der Waals surface area contributed by atoms with Crippen molar-refractivity contribution in [2.24, 2.45) is 0 Å². The summed E-state index contributed by atoms with van der Waals surface area (Å²) in [6.45, 7) is 0.436. The van der Waals surface area contributed by atoms with Gasteiger partial charge >= 0.3 is 0 Å². The number of furan rings is 1. The summed E-state index contributed by atoms with van der Waals surface area (Å²) in [7, 11) is 0. The van der Waals surface area contributed by atoms with E-state index < -0.39 is 5.91 Å². The minimum absolute atomic E-state index is 0.0574. The highest BCUT2D eigenvalue weighted by molar-refractivity contribution is 7.15. The molecule has 1 fully saturated rings. The lowest BCUT2D eigenvalue weighted by Crippen LogP contribution is -2.24. The van der Waals surface area contributed by atoms with Crippen LogP contribution in [0.2, 0.25) is 0 Å². The normalized spacial score (nSPS) is 16.9. The topological polar surface area (TPSA) is 88.3 Å². The van der Waals surface area contributed by atoms with Crippen molar-refractivity contribution in [2.75, 3.05) is 16.8 Å². The van der Waals surface area contributed by atoms with Gasteiger partial charge in [0.25, 0.3) is 5.91 Å². The molecule has 1 aliphatic heterocycles. The molecule has 0 saturated carbocycles. The van der Waals surface area contributed by atoms with Crippen molar-refractivity contribution in [3.8, 4) is 0 Å². The molecule has 26 heavy (non-hydrogen) atoms. The average molecular weight is 372 g/mol. The van der Waals surface area contributed by atoms with Crippen LogP contribution in [0.4, 0.5) is 15.2 Å². The molecule has 1 aliphatic rings. The number of rotatable bonds is 4. The minimum Gasteiger partial charge on any atom is -0.459 e. The Balaban J connectivity index is 1.45. The Morgan fingerprint density at radius 1 is 1.27 bits per heavy atom. The first-order valence-corrected chi connectivity index (χ1v) is 8.66. The third-order valence-electron chi connectivity index (χ3n) is 4.02. The van der Waals surface area contributed by atoms with E-state index in [4.69, 9.17) is 4.42 Å². The maximum atomic E-state index is 13.1. The Hall–Kier alpha value is -3.07. The van der Waals surface area contributed by atoms with E-state index in [1.54, 1.807) is 29.2 Å². The Labute approximate surface area is 151 Å². The lowest BCUT2D eigenvalue weighted by atomic mass is 10.1. The van der Waals surface area contributed by atoms with E-state index >= 15 is 0 Å². The van der Waals surface area contributed by atoms with Crippen LogP contribution >= 0.6 is 11.3 Å². The van der Waals surface area contributed by atoms with E-state index in [9.17, 15) is 14.0 Å². The van der Waals surface area contributed by atoms with Gasteiger partial charge in [-0.2, -0.15) is 0 Å².